The number of unbranched alkanes of at least 4 members (excludes halogenated alkanes) is 1. The molecule has 0 atom stereocenters. The Labute approximate surface area is 131 Å². The van der Waals surface area contributed by atoms with Crippen LogP contribution in [0.2, 0.25) is 0 Å². The molecule has 1 aromatic heterocycles. The highest BCUT2D eigenvalue weighted by Crippen LogP contribution is 2.21. The van der Waals surface area contributed by atoms with Crippen LogP contribution in [-0.4, -0.2) is 11.5 Å². The number of benzene rings is 1. The summed E-state index contributed by atoms with van der Waals surface area (Å²) in [6.07, 6.45) is 4.40. The van der Waals surface area contributed by atoms with Gasteiger partial charge in [-0.25, -0.2) is 4.98 Å². The summed E-state index contributed by atoms with van der Waals surface area (Å²) < 4.78 is 5.89. The second-order valence-corrected chi connectivity index (χ2v) is 6.51. The molecule has 2 rings (SSSR count). The van der Waals surface area contributed by atoms with Crippen molar-refractivity contribution >= 4 is 11.3 Å². The van der Waals surface area contributed by atoms with Crippen LogP contribution in [0.4, 0.5) is 0 Å². The van der Waals surface area contributed by atoms with E-state index in [-0.39, 0.29) is 0 Å². The molecule has 0 saturated heterocycles. The molecule has 0 aliphatic rings. The van der Waals surface area contributed by atoms with Crippen LogP contribution in [0.3, 0.4) is 0 Å². The lowest BCUT2D eigenvalue weighted by Crippen LogP contribution is -2.13. The second-order valence-electron chi connectivity index (χ2n) is 5.31. The molecule has 2 aromatic rings. The topological polar surface area (TPSA) is 34.2 Å². The van der Waals surface area contributed by atoms with Gasteiger partial charge in [0.15, 0.2) is 0 Å². The van der Waals surface area contributed by atoms with Crippen LogP contribution in [0.5, 0.6) is 5.75 Å². The summed E-state index contributed by atoms with van der Waals surface area (Å²) >= 11 is 1.72. The first-order chi connectivity index (χ1) is 10.2. The monoisotopic (exact) mass is 304 g/mol. The molecule has 0 unspecified atom stereocenters. The van der Waals surface area contributed by atoms with Crippen molar-refractivity contribution in [2.24, 2.45) is 0 Å². The Kier molecular flexibility index (Phi) is 6.21. The van der Waals surface area contributed by atoms with E-state index < -0.39 is 0 Å². The van der Waals surface area contributed by atoms with Crippen molar-refractivity contribution < 1.29 is 4.74 Å². The SMILES string of the molecule is CCCCNCc1cnc(COc2cc(C)ccc2C)s1. The Morgan fingerprint density at radius 1 is 1.29 bits per heavy atom. The Balaban J connectivity index is 1.83. The van der Waals surface area contributed by atoms with Crippen molar-refractivity contribution in [2.45, 2.75) is 46.8 Å². The fourth-order valence-electron chi connectivity index (χ4n) is 2.01. The van der Waals surface area contributed by atoms with E-state index in [2.05, 4.69) is 49.3 Å². The number of rotatable bonds is 8. The molecule has 0 aliphatic heterocycles. The van der Waals surface area contributed by atoms with Crippen molar-refractivity contribution in [1.29, 1.82) is 0 Å². The molecule has 1 heterocycles. The molecule has 0 radical (unpaired) electrons. The van der Waals surface area contributed by atoms with Gasteiger partial charge in [-0.1, -0.05) is 25.5 Å². The molecular weight excluding hydrogens is 280 g/mol. The minimum atomic E-state index is 0.546. The highest BCUT2D eigenvalue weighted by atomic mass is 32.1. The summed E-state index contributed by atoms with van der Waals surface area (Å²) in [5.74, 6) is 0.952. The first-order valence-corrected chi connectivity index (χ1v) is 8.35. The Morgan fingerprint density at radius 3 is 2.95 bits per heavy atom. The molecule has 0 aliphatic carbocycles. The number of hydrogen-bond donors (Lipinski definition) is 1. The first-order valence-electron chi connectivity index (χ1n) is 7.53. The molecule has 0 fully saturated rings. The maximum atomic E-state index is 5.89. The van der Waals surface area contributed by atoms with E-state index in [0.717, 1.165) is 23.8 Å². The third-order valence-electron chi connectivity index (χ3n) is 3.30. The number of hydrogen-bond acceptors (Lipinski definition) is 4. The number of ether oxygens (including phenoxy) is 1. The summed E-state index contributed by atoms with van der Waals surface area (Å²) in [5.41, 5.74) is 2.38. The number of thiazole rings is 1. The summed E-state index contributed by atoms with van der Waals surface area (Å²) in [6, 6.07) is 6.28. The molecule has 1 aromatic carbocycles. The van der Waals surface area contributed by atoms with Gasteiger partial charge < -0.3 is 10.1 Å². The molecule has 0 amide bonds. The molecule has 21 heavy (non-hydrogen) atoms. The van der Waals surface area contributed by atoms with E-state index in [1.54, 1.807) is 11.3 Å². The van der Waals surface area contributed by atoms with Crippen LogP contribution in [0.25, 0.3) is 0 Å². The maximum absolute atomic E-state index is 5.89. The van der Waals surface area contributed by atoms with E-state index >= 15 is 0 Å². The van der Waals surface area contributed by atoms with Gasteiger partial charge in [0.05, 0.1) is 0 Å². The summed E-state index contributed by atoms with van der Waals surface area (Å²) in [6.45, 7) is 8.88. The summed E-state index contributed by atoms with van der Waals surface area (Å²) in [7, 11) is 0. The summed E-state index contributed by atoms with van der Waals surface area (Å²) in [4.78, 5) is 5.70. The van der Waals surface area contributed by atoms with Crippen LogP contribution in [0.15, 0.2) is 24.4 Å². The molecule has 0 saturated carbocycles. The van der Waals surface area contributed by atoms with Gasteiger partial charge in [0.25, 0.3) is 0 Å². The van der Waals surface area contributed by atoms with Gasteiger partial charge in [-0.05, 0) is 44.0 Å². The number of nitrogens with zero attached hydrogens (tertiary/aromatic N) is 1. The van der Waals surface area contributed by atoms with Crippen molar-refractivity contribution in [1.82, 2.24) is 10.3 Å². The fourth-order valence-corrected chi connectivity index (χ4v) is 2.82. The molecule has 0 spiro atoms. The van der Waals surface area contributed by atoms with E-state index in [4.69, 9.17) is 4.74 Å². The van der Waals surface area contributed by atoms with Gasteiger partial charge in [0.2, 0.25) is 0 Å². The zero-order valence-corrected chi connectivity index (χ0v) is 13.9. The lowest BCUT2D eigenvalue weighted by Gasteiger charge is -2.08. The average Bonchev–Trinajstić information content (AvgIpc) is 2.92. The third-order valence-corrected chi connectivity index (χ3v) is 4.27. The normalized spacial score (nSPS) is 10.8. The van der Waals surface area contributed by atoms with Crippen molar-refractivity contribution in [3.05, 3.63) is 45.4 Å². The highest BCUT2D eigenvalue weighted by Gasteiger charge is 2.05. The van der Waals surface area contributed by atoms with Gasteiger partial charge in [0.1, 0.15) is 17.4 Å². The van der Waals surface area contributed by atoms with Gasteiger partial charge in [0, 0.05) is 17.6 Å². The quantitative estimate of drug-likeness (QED) is 0.741. The summed E-state index contributed by atoms with van der Waals surface area (Å²) in [5, 5.41) is 4.47. The van der Waals surface area contributed by atoms with Crippen molar-refractivity contribution in [2.75, 3.05) is 6.54 Å². The Morgan fingerprint density at radius 2 is 2.14 bits per heavy atom. The van der Waals surface area contributed by atoms with E-state index in [1.807, 2.05) is 6.20 Å². The predicted octanol–water partition coefficient (Wildman–Crippen LogP) is 4.23. The highest BCUT2D eigenvalue weighted by molar-refractivity contribution is 7.11. The second kappa shape index (κ2) is 8.15. The van der Waals surface area contributed by atoms with Crippen LogP contribution in [0, 0.1) is 13.8 Å². The number of aromatic nitrogens is 1. The zero-order valence-electron chi connectivity index (χ0n) is 13.1. The molecule has 3 nitrogen and oxygen atoms in total. The molecule has 4 heteroatoms. The fraction of sp³-hybridized carbons (Fsp3) is 0.471. The van der Waals surface area contributed by atoms with E-state index in [0.29, 0.717) is 6.61 Å². The number of nitrogens with one attached hydrogen (secondary N) is 1. The standard InChI is InChI=1S/C17H24N2OS/c1-4-5-8-18-10-15-11-19-17(21-15)12-20-16-9-13(2)6-7-14(16)3/h6-7,9,11,18H,4-5,8,10,12H2,1-3H3. The van der Waals surface area contributed by atoms with E-state index in [1.165, 1.54) is 28.8 Å². The third kappa shape index (κ3) is 5.14. The van der Waals surface area contributed by atoms with Crippen molar-refractivity contribution in [3.63, 3.8) is 0 Å². The minimum absolute atomic E-state index is 0.546. The van der Waals surface area contributed by atoms with Crippen LogP contribution in [0.1, 0.15) is 40.8 Å². The largest absolute Gasteiger partial charge is 0.486 e. The molecular formula is C17H24N2OS. The van der Waals surface area contributed by atoms with Gasteiger partial charge in [-0.2, -0.15) is 0 Å². The average molecular weight is 304 g/mol. The lowest BCUT2D eigenvalue weighted by molar-refractivity contribution is 0.303. The minimum Gasteiger partial charge on any atom is -0.486 e. The Hall–Kier alpha value is -1.39. The molecule has 114 valence electrons. The maximum Gasteiger partial charge on any atom is 0.140 e. The van der Waals surface area contributed by atoms with Crippen LogP contribution >= 0.6 is 11.3 Å². The Bertz CT molecular complexity index is 566. The van der Waals surface area contributed by atoms with Crippen LogP contribution < -0.4 is 10.1 Å². The molecule has 1 N–H and O–H groups in total. The van der Waals surface area contributed by atoms with Gasteiger partial charge >= 0.3 is 0 Å². The van der Waals surface area contributed by atoms with Crippen molar-refractivity contribution in [3.8, 4) is 5.75 Å². The first kappa shape index (κ1) is 16.0. The predicted molar refractivity (Wildman–Crippen MR) is 89.0 cm³/mol. The van der Waals surface area contributed by atoms with Crippen LogP contribution in [-0.2, 0) is 13.2 Å². The van der Waals surface area contributed by atoms with E-state index in [9.17, 15) is 0 Å². The molecule has 0 bridgehead atoms. The van der Waals surface area contributed by atoms with Gasteiger partial charge in [-0.15, -0.1) is 11.3 Å². The lowest BCUT2D eigenvalue weighted by atomic mass is 10.1. The van der Waals surface area contributed by atoms with Gasteiger partial charge in [-0.3, -0.25) is 0 Å². The number of aryl methyl sites for hydroxylation is 2. The zero-order chi connectivity index (χ0) is 15.1. The smallest absolute Gasteiger partial charge is 0.140 e.